The van der Waals surface area contributed by atoms with Crippen LogP contribution in [0.2, 0.25) is 0 Å². The third kappa shape index (κ3) is 7.36. The minimum atomic E-state index is -4.77. The number of benzene rings is 2. The van der Waals surface area contributed by atoms with Gasteiger partial charge in [0.2, 0.25) is 0 Å². The minimum absolute atomic E-state index is 0.000677. The van der Waals surface area contributed by atoms with Gasteiger partial charge in [0.25, 0.3) is 0 Å². The summed E-state index contributed by atoms with van der Waals surface area (Å²) in [6.07, 6.45) is -4.89. The highest BCUT2D eigenvalue weighted by atomic mass is 19.4. The molecule has 0 heterocycles. The number of amides is 2. The largest absolute Gasteiger partial charge is 0.573 e. The Kier molecular flexibility index (Phi) is 7.08. The Morgan fingerprint density at radius 3 is 2.07 bits per heavy atom. The molecule has 2 amide bonds. The summed E-state index contributed by atoms with van der Waals surface area (Å²) < 4.78 is 45.4. The molecule has 0 aliphatic carbocycles. The molecule has 9 heteroatoms. The molecule has 0 aliphatic rings. The number of carbonyl (C=O) groups is 2. The standard InChI is InChI=1S/C20H21F3N2O4/c1-13(2)24-19(27)25(3)15-6-10-16(11-7-15)28-18(26)12-14-4-8-17(9-5-14)29-20(21,22)23/h4-11,13H,12H2,1-3H3,(H,24,27). The molecule has 0 saturated carbocycles. The summed E-state index contributed by atoms with van der Waals surface area (Å²) in [5, 5.41) is 2.76. The monoisotopic (exact) mass is 410 g/mol. The number of esters is 1. The lowest BCUT2D eigenvalue weighted by molar-refractivity contribution is -0.274. The quantitative estimate of drug-likeness (QED) is 0.570. The van der Waals surface area contributed by atoms with Crippen molar-refractivity contribution in [3.8, 4) is 11.5 Å². The lowest BCUT2D eigenvalue weighted by atomic mass is 10.1. The van der Waals surface area contributed by atoms with Crippen molar-refractivity contribution in [2.75, 3.05) is 11.9 Å². The number of carbonyl (C=O) groups excluding carboxylic acids is 2. The van der Waals surface area contributed by atoms with Gasteiger partial charge < -0.3 is 14.8 Å². The molecule has 6 nitrogen and oxygen atoms in total. The van der Waals surface area contributed by atoms with E-state index in [-0.39, 0.29) is 30.0 Å². The third-order valence-corrected chi connectivity index (χ3v) is 3.68. The van der Waals surface area contributed by atoms with E-state index in [4.69, 9.17) is 4.74 Å². The number of halogens is 3. The number of hydrogen-bond acceptors (Lipinski definition) is 4. The molecule has 0 atom stereocenters. The van der Waals surface area contributed by atoms with Gasteiger partial charge in [-0.05, 0) is 55.8 Å². The summed E-state index contributed by atoms with van der Waals surface area (Å²) >= 11 is 0. The van der Waals surface area contributed by atoms with Crippen molar-refractivity contribution in [2.45, 2.75) is 32.7 Å². The summed E-state index contributed by atoms with van der Waals surface area (Å²) in [4.78, 5) is 25.4. The Morgan fingerprint density at radius 2 is 1.55 bits per heavy atom. The molecular formula is C20H21F3N2O4. The summed E-state index contributed by atoms with van der Waals surface area (Å²) in [5.41, 5.74) is 1.09. The third-order valence-electron chi connectivity index (χ3n) is 3.68. The van der Waals surface area contributed by atoms with Crippen LogP contribution >= 0.6 is 0 Å². The molecule has 156 valence electrons. The normalized spacial score (nSPS) is 11.1. The van der Waals surface area contributed by atoms with Crippen molar-refractivity contribution in [1.82, 2.24) is 5.32 Å². The maximum Gasteiger partial charge on any atom is 0.573 e. The van der Waals surface area contributed by atoms with Gasteiger partial charge >= 0.3 is 18.4 Å². The fourth-order valence-electron chi connectivity index (χ4n) is 2.34. The zero-order valence-corrected chi connectivity index (χ0v) is 16.1. The Hall–Kier alpha value is -3.23. The first-order valence-corrected chi connectivity index (χ1v) is 8.73. The van der Waals surface area contributed by atoms with E-state index in [9.17, 15) is 22.8 Å². The number of nitrogens with one attached hydrogen (secondary N) is 1. The number of urea groups is 1. The smallest absolute Gasteiger partial charge is 0.426 e. The Labute approximate surface area is 166 Å². The van der Waals surface area contributed by atoms with Gasteiger partial charge in [0.05, 0.1) is 6.42 Å². The summed E-state index contributed by atoms with van der Waals surface area (Å²) in [6, 6.07) is 11.1. The van der Waals surface area contributed by atoms with E-state index in [1.165, 1.54) is 17.0 Å². The number of alkyl halides is 3. The van der Waals surface area contributed by atoms with E-state index < -0.39 is 12.3 Å². The van der Waals surface area contributed by atoms with E-state index in [1.54, 1.807) is 31.3 Å². The predicted molar refractivity (Wildman–Crippen MR) is 101 cm³/mol. The van der Waals surface area contributed by atoms with Crippen LogP contribution in [0.5, 0.6) is 11.5 Å². The molecule has 0 spiro atoms. The van der Waals surface area contributed by atoms with Crippen molar-refractivity contribution in [1.29, 1.82) is 0 Å². The highest BCUT2D eigenvalue weighted by molar-refractivity contribution is 5.91. The molecule has 0 fully saturated rings. The lowest BCUT2D eigenvalue weighted by Gasteiger charge is -2.20. The highest BCUT2D eigenvalue weighted by Crippen LogP contribution is 2.23. The zero-order chi connectivity index (χ0) is 21.6. The first kappa shape index (κ1) is 22.1. The lowest BCUT2D eigenvalue weighted by Crippen LogP contribution is -2.40. The molecule has 29 heavy (non-hydrogen) atoms. The molecule has 2 aromatic rings. The number of hydrogen-bond donors (Lipinski definition) is 1. The molecule has 0 bridgehead atoms. The fraction of sp³-hybridized carbons (Fsp3) is 0.300. The van der Waals surface area contributed by atoms with E-state index >= 15 is 0 Å². The van der Waals surface area contributed by atoms with Crippen LogP contribution in [0.4, 0.5) is 23.7 Å². The van der Waals surface area contributed by atoms with Crippen molar-refractivity contribution < 1.29 is 32.2 Å². The van der Waals surface area contributed by atoms with Crippen LogP contribution in [0.15, 0.2) is 48.5 Å². The van der Waals surface area contributed by atoms with E-state index in [1.807, 2.05) is 13.8 Å². The van der Waals surface area contributed by atoms with Crippen LogP contribution in [-0.4, -0.2) is 31.5 Å². The molecule has 2 aromatic carbocycles. The molecule has 2 rings (SSSR count). The van der Waals surface area contributed by atoms with Crippen molar-refractivity contribution in [3.63, 3.8) is 0 Å². The predicted octanol–water partition coefficient (Wildman–Crippen LogP) is 4.29. The number of nitrogens with zero attached hydrogens (tertiary/aromatic N) is 1. The van der Waals surface area contributed by atoms with Gasteiger partial charge in [0.1, 0.15) is 11.5 Å². The molecule has 1 N–H and O–H groups in total. The zero-order valence-electron chi connectivity index (χ0n) is 16.1. The van der Waals surface area contributed by atoms with Crippen LogP contribution in [-0.2, 0) is 11.2 Å². The SMILES string of the molecule is CC(C)NC(=O)N(C)c1ccc(OC(=O)Cc2ccc(OC(F)(F)F)cc2)cc1. The minimum Gasteiger partial charge on any atom is -0.426 e. The van der Waals surface area contributed by atoms with Crippen molar-refractivity contribution in [2.24, 2.45) is 0 Å². The van der Waals surface area contributed by atoms with Crippen LogP contribution in [0.1, 0.15) is 19.4 Å². The van der Waals surface area contributed by atoms with Crippen LogP contribution in [0, 0.1) is 0 Å². The maximum absolute atomic E-state index is 12.2. The second-order valence-electron chi connectivity index (χ2n) is 6.50. The fourth-order valence-corrected chi connectivity index (χ4v) is 2.34. The average molecular weight is 410 g/mol. The summed E-state index contributed by atoms with van der Waals surface area (Å²) in [7, 11) is 1.62. The first-order valence-electron chi connectivity index (χ1n) is 8.73. The van der Waals surface area contributed by atoms with Gasteiger partial charge in [0, 0.05) is 18.8 Å². The molecule has 0 aliphatic heterocycles. The molecule has 0 unspecified atom stereocenters. The van der Waals surface area contributed by atoms with Gasteiger partial charge in [-0.3, -0.25) is 9.69 Å². The van der Waals surface area contributed by atoms with E-state index in [0.717, 1.165) is 12.1 Å². The Morgan fingerprint density at radius 1 is 1.00 bits per heavy atom. The van der Waals surface area contributed by atoms with Crippen molar-refractivity contribution in [3.05, 3.63) is 54.1 Å². The summed E-state index contributed by atoms with van der Waals surface area (Å²) in [6.45, 7) is 3.70. The number of ether oxygens (including phenoxy) is 2. The molecule has 0 saturated heterocycles. The van der Waals surface area contributed by atoms with Gasteiger partial charge in [-0.15, -0.1) is 13.2 Å². The van der Waals surface area contributed by atoms with Crippen LogP contribution < -0.4 is 19.7 Å². The highest BCUT2D eigenvalue weighted by Gasteiger charge is 2.31. The van der Waals surface area contributed by atoms with Crippen LogP contribution in [0.3, 0.4) is 0 Å². The van der Waals surface area contributed by atoms with Gasteiger partial charge in [-0.1, -0.05) is 12.1 Å². The Bertz CT molecular complexity index is 834. The Balaban J connectivity index is 1.91. The van der Waals surface area contributed by atoms with Gasteiger partial charge in [0.15, 0.2) is 0 Å². The molecule has 0 radical (unpaired) electrons. The maximum atomic E-state index is 12.2. The topological polar surface area (TPSA) is 67.9 Å². The van der Waals surface area contributed by atoms with E-state index in [0.29, 0.717) is 11.3 Å². The number of rotatable bonds is 6. The van der Waals surface area contributed by atoms with Gasteiger partial charge in [-0.25, -0.2) is 4.79 Å². The molecular weight excluding hydrogens is 389 g/mol. The summed E-state index contributed by atoms with van der Waals surface area (Å²) in [5.74, 6) is -0.655. The first-order chi connectivity index (χ1) is 13.5. The number of anilines is 1. The molecule has 0 aromatic heterocycles. The van der Waals surface area contributed by atoms with E-state index in [2.05, 4.69) is 10.1 Å². The van der Waals surface area contributed by atoms with Crippen molar-refractivity contribution >= 4 is 17.7 Å². The van der Waals surface area contributed by atoms with Gasteiger partial charge in [-0.2, -0.15) is 0 Å². The second-order valence-corrected chi connectivity index (χ2v) is 6.50. The van der Waals surface area contributed by atoms with Crippen LogP contribution in [0.25, 0.3) is 0 Å². The second kappa shape index (κ2) is 9.31. The average Bonchev–Trinajstić information content (AvgIpc) is 2.61.